The summed E-state index contributed by atoms with van der Waals surface area (Å²) in [6.07, 6.45) is 1.97. The molecule has 0 aliphatic carbocycles. The number of carboxylic acids is 1. The van der Waals surface area contributed by atoms with Crippen molar-refractivity contribution in [3.05, 3.63) is 6.20 Å². The van der Waals surface area contributed by atoms with E-state index in [0.29, 0.717) is 23.2 Å². The highest BCUT2D eigenvalue weighted by Gasteiger charge is 2.42. The third-order valence-corrected chi connectivity index (χ3v) is 4.05. The molecule has 104 valence electrons. The number of methoxy groups -OCH3 is 1. The van der Waals surface area contributed by atoms with Crippen molar-refractivity contribution >= 4 is 28.5 Å². The Balaban J connectivity index is 1.96. The first kappa shape index (κ1) is 13.6. The molecule has 0 saturated carbocycles. The molecule has 2 amide bonds. The Hall–Kier alpha value is -1.83. The van der Waals surface area contributed by atoms with Gasteiger partial charge >= 0.3 is 12.0 Å². The van der Waals surface area contributed by atoms with E-state index >= 15 is 0 Å². The summed E-state index contributed by atoms with van der Waals surface area (Å²) in [4.78, 5) is 28.6. The van der Waals surface area contributed by atoms with Crippen molar-refractivity contribution in [2.75, 3.05) is 25.5 Å². The topological polar surface area (TPSA) is 91.8 Å². The van der Waals surface area contributed by atoms with E-state index in [1.165, 1.54) is 29.5 Å². The van der Waals surface area contributed by atoms with Crippen LogP contribution < -0.4 is 10.1 Å². The summed E-state index contributed by atoms with van der Waals surface area (Å²) >= 11 is 1.22. The smallest absolute Gasteiger partial charge is 0.323 e. The van der Waals surface area contributed by atoms with Crippen LogP contribution in [0.5, 0.6) is 5.06 Å². The summed E-state index contributed by atoms with van der Waals surface area (Å²) in [5, 5.41) is 12.8. The molecule has 1 aromatic heterocycles. The number of anilines is 1. The van der Waals surface area contributed by atoms with Gasteiger partial charge in [-0.1, -0.05) is 11.3 Å². The number of rotatable bonds is 3. The molecule has 1 fully saturated rings. The second-order valence-corrected chi connectivity index (χ2v) is 5.65. The predicted octanol–water partition coefficient (Wildman–Crippen LogP) is 1.48. The maximum absolute atomic E-state index is 12.0. The van der Waals surface area contributed by atoms with Crippen LogP contribution in [0.25, 0.3) is 0 Å². The number of aliphatic carboxylic acids is 1. The van der Waals surface area contributed by atoms with Gasteiger partial charge in [-0.25, -0.2) is 9.78 Å². The number of carbonyl (C=O) groups excluding carboxylic acids is 1. The van der Waals surface area contributed by atoms with Crippen LogP contribution in [0.15, 0.2) is 6.20 Å². The lowest BCUT2D eigenvalue weighted by atomic mass is 9.90. The van der Waals surface area contributed by atoms with Crippen molar-refractivity contribution in [1.29, 1.82) is 0 Å². The molecule has 7 nitrogen and oxygen atoms in total. The highest BCUT2D eigenvalue weighted by molar-refractivity contribution is 7.17. The Morgan fingerprint density at radius 2 is 2.37 bits per heavy atom. The number of hydrogen-bond donors (Lipinski definition) is 2. The monoisotopic (exact) mass is 285 g/mol. The van der Waals surface area contributed by atoms with Crippen molar-refractivity contribution in [3.8, 4) is 5.06 Å². The maximum Gasteiger partial charge on any atom is 0.323 e. The first-order valence-electron chi connectivity index (χ1n) is 5.74. The number of nitrogens with zero attached hydrogens (tertiary/aromatic N) is 2. The van der Waals surface area contributed by atoms with Gasteiger partial charge in [-0.3, -0.25) is 10.1 Å². The van der Waals surface area contributed by atoms with E-state index in [1.54, 1.807) is 6.92 Å². The average molecular weight is 285 g/mol. The van der Waals surface area contributed by atoms with E-state index in [-0.39, 0.29) is 12.6 Å². The van der Waals surface area contributed by atoms with Crippen LogP contribution in [0, 0.1) is 5.41 Å². The fourth-order valence-corrected chi connectivity index (χ4v) is 2.51. The summed E-state index contributed by atoms with van der Waals surface area (Å²) < 4.78 is 4.98. The van der Waals surface area contributed by atoms with E-state index in [1.807, 2.05) is 0 Å². The largest absolute Gasteiger partial charge is 0.486 e. The molecule has 1 aliphatic rings. The summed E-state index contributed by atoms with van der Waals surface area (Å²) in [5.74, 6) is -0.876. The second kappa shape index (κ2) is 5.04. The van der Waals surface area contributed by atoms with Gasteiger partial charge in [-0.15, -0.1) is 0 Å². The van der Waals surface area contributed by atoms with E-state index < -0.39 is 11.4 Å². The highest BCUT2D eigenvalue weighted by Crippen LogP contribution is 2.31. The molecular formula is C11H15N3O4S. The molecule has 0 spiro atoms. The minimum absolute atomic E-state index is 0.205. The summed E-state index contributed by atoms with van der Waals surface area (Å²) in [5.41, 5.74) is -0.863. The number of thiazole rings is 1. The first-order chi connectivity index (χ1) is 8.94. The van der Waals surface area contributed by atoms with Crippen LogP contribution in [0.4, 0.5) is 9.93 Å². The lowest BCUT2D eigenvalue weighted by molar-refractivity contribution is -0.146. The Morgan fingerprint density at radius 1 is 1.63 bits per heavy atom. The summed E-state index contributed by atoms with van der Waals surface area (Å²) in [6, 6.07) is -0.332. The van der Waals surface area contributed by atoms with Crippen molar-refractivity contribution < 1.29 is 19.4 Å². The SMILES string of the molecule is COc1cnc(NC(=O)N2CCC(C)(C(=O)O)C2)s1. The van der Waals surface area contributed by atoms with Gasteiger partial charge in [-0.2, -0.15) is 0 Å². The number of carbonyl (C=O) groups is 2. The Morgan fingerprint density at radius 3 is 2.89 bits per heavy atom. The lowest BCUT2D eigenvalue weighted by Gasteiger charge is -2.19. The van der Waals surface area contributed by atoms with Crippen LogP contribution in [-0.2, 0) is 4.79 Å². The molecule has 8 heteroatoms. The van der Waals surface area contributed by atoms with Gasteiger partial charge in [0.15, 0.2) is 10.2 Å². The first-order valence-corrected chi connectivity index (χ1v) is 6.55. The number of ether oxygens (including phenoxy) is 1. The van der Waals surface area contributed by atoms with Crippen LogP contribution in [0.3, 0.4) is 0 Å². The van der Waals surface area contributed by atoms with Gasteiger partial charge < -0.3 is 14.7 Å². The Kier molecular flexibility index (Phi) is 3.61. The summed E-state index contributed by atoms with van der Waals surface area (Å²) in [6.45, 7) is 2.28. The average Bonchev–Trinajstić information content (AvgIpc) is 2.96. The van der Waals surface area contributed by atoms with Crippen molar-refractivity contribution in [2.24, 2.45) is 5.41 Å². The Bertz CT molecular complexity index is 504. The number of nitrogens with one attached hydrogen (secondary N) is 1. The second-order valence-electron chi connectivity index (χ2n) is 4.66. The van der Waals surface area contributed by atoms with Crippen molar-refractivity contribution in [2.45, 2.75) is 13.3 Å². The van der Waals surface area contributed by atoms with Gasteiger partial charge in [0.2, 0.25) is 0 Å². The van der Waals surface area contributed by atoms with E-state index in [0.717, 1.165) is 0 Å². The fourth-order valence-electron chi connectivity index (χ4n) is 1.89. The van der Waals surface area contributed by atoms with Crippen LogP contribution in [-0.4, -0.2) is 47.2 Å². The fraction of sp³-hybridized carbons (Fsp3) is 0.545. The number of likely N-dealkylation sites (tertiary alicyclic amines) is 1. The van der Waals surface area contributed by atoms with E-state index in [9.17, 15) is 9.59 Å². The van der Waals surface area contributed by atoms with Gasteiger partial charge in [0.1, 0.15) is 0 Å². The van der Waals surface area contributed by atoms with Gasteiger partial charge in [0, 0.05) is 13.1 Å². The van der Waals surface area contributed by atoms with Crippen molar-refractivity contribution in [1.82, 2.24) is 9.88 Å². The van der Waals surface area contributed by atoms with Gasteiger partial charge in [0.05, 0.1) is 18.7 Å². The number of hydrogen-bond acceptors (Lipinski definition) is 5. The van der Waals surface area contributed by atoms with Crippen molar-refractivity contribution in [3.63, 3.8) is 0 Å². The zero-order valence-electron chi connectivity index (χ0n) is 10.7. The number of aromatic nitrogens is 1. The molecule has 1 saturated heterocycles. The zero-order chi connectivity index (χ0) is 14.0. The molecule has 1 aliphatic heterocycles. The predicted molar refractivity (Wildman–Crippen MR) is 69.6 cm³/mol. The van der Waals surface area contributed by atoms with Gasteiger partial charge in [-0.05, 0) is 13.3 Å². The Labute approximate surface area is 114 Å². The molecule has 2 heterocycles. The van der Waals surface area contributed by atoms with E-state index in [2.05, 4.69) is 10.3 Å². The van der Waals surface area contributed by atoms with Crippen LogP contribution >= 0.6 is 11.3 Å². The molecule has 1 aromatic rings. The lowest BCUT2D eigenvalue weighted by Crippen LogP contribution is -2.37. The van der Waals surface area contributed by atoms with Crippen LogP contribution in [0.2, 0.25) is 0 Å². The van der Waals surface area contributed by atoms with Gasteiger partial charge in [0.25, 0.3) is 0 Å². The molecule has 1 unspecified atom stereocenters. The standard InChI is InChI=1S/C11H15N3O4S/c1-11(8(15)16)3-4-14(6-11)10(17)13-9-12-5-7(18-2)19-9/h5H,3-4,6H2,1-2H3,(H,15,16)(H,12,13,17). The molecule has 19 heavy (non-hydrogen) atoms. The molecule has 0 radical (unpaired) electrons. The van der Waals surface area contributed by atoms with Crippen LogP contribution in [0.1, 0.15) is 13.3 Å². The third kappa shape index (κ3) is 2.78. The molecule has 2 N–H and O–H groups in total. The summed E-state index contributed by atoms with van der Waals surface area (Å²) in [7, 11) is 1.53. The minimum atomic E-state index is -0.876. The molecule has 0 bridgehead atoms. The highest BCUT2D eigenvalue weighted by atomic mass is 32.1. The van der Waals surface area contributed by atoms with E-state index in [4.69, 9.17) is 9.84 Å². The minimum Gasteiger partial charge on any atom is -0.486 e. The molecular weight excluding hydrogens is 270 g/mol. The number of carboxylic acid groups (broad SMARTS) is 1. The zero-order valence-corrected chi connectivity index (χ0v) is 11.5. The number of urea groups is 1. The molecule has 0 aromatic carbocycles. The third-order valence-electron chi connectivity index (χ3n) is 3.18. The molecule has 2 rings (SSSR count). The quantitative estimate of drug-likeness (QED) is 0.877. The number of amides is 2. The normalized spacial score (nSPS) is 22.3. The maximum atomic E-state index is 12.0. The molecule has 1 atom stereocenters.